The molecule has 0 aliphatic carbocycles. The first kappa shape index (κ1) is 20.6. The van der Waals surface area contributed by atoms with Crippen LogP contribution in [0.2, 0.25) is 0 Å². The quantitative estimate of drug-likeness (QED) is 0.651. The van der Waals surface area contributed by atoms with Crippen molar-refractivity contribution in [2.45, 2.75) is 37.8 Å². The van der Waals surface area contributed by atoms with E-state index in [1.807, 2.05) is 11.8 Å². The zero-order valence-corrected chi connectivity index (χ0v) is 17.6. The zero-order chi connectivity index (χ0) is 22.5. The van der Waals surface area contributed by atoms with E-state index in [1.54, 1.807) is 12.1 Å². The number of β-amino-alcohol motifs (C(OH)–C–C–N with tert-alkyl or cyclic N) is 1. The summed E-state index contributed by atoms with van der Waals surface area (Å²) in [7, 11) is 0. The summed E-state index contributed by atoms with van der Waals surface area (Å²) in [5.74, 6) is 0.0344. The second kappa shape index (κ2) is 7.70. The van der Waals surface area contributed by atoms with Gasteiger partial charge in [0.2, 0.25) is 0 Å². The minimum absolute atomic E-state index is 0.284. The van der Waals surface area contributed by atoms with Crippen molar-refractivity contribution in [3.05, 3.63) is 53.7 Å². The van der Waals surface area contributed by atoms with Gasteiger partial charge in [0.25, 0.3) is 0 Å². The normalized spacial score (nSPS) is 23.3. The topological polar surface area (TPSA) is 86.0 Å². The maximum absolute atomic E-state index is 14.6. The van der Waals surface area contributed by atoms with Gasteiger partial charge in [-0.2, -0.15) is 4.52 Å². The maximum Gasteiger partial charge on any atom is 0.323 e. The lowest BCUT2D eigenvalue weighted by Gasteiger charge is -2.36. The number of halogens is 2. The van der Waals surface area contributed by atoms with E-state index in [2.05, 4.69) is 15.4 Å². The fourth-order valence-electron chi connectivity index (χ4n) is 4.73. The predicted molar refractivity (Wildman–Crippen MR) is 114 cm³/mol. The summed E-state index contributed by atoms with van der Waals surface area (Å²) in [6.07, 6.45) is 3.01. The van der Waals surface area contributed by atoms with Gasteiger partial charge < -0.3 is 14.9 Å². The second-order valence-electron chi connectivity index (χ2n) is 8.58. The Morgan fingerprint density at radius 3 is 2.88 bits per heavy atom. The van der Waals surface area contributed by atoms with Gasteiger partial charge in [0.15, 0.2) is 11.5 Å². The molecule has 2 aliphatic heterocycles. The van der Waals surface area contributed by atoms with Crippen molar-refractivity contribution in [2.24, 2.45) is 0 Å². The molecular weight excluding hydrogens is 418 g/mol. The van der Waals surface area contributed by atoms with Crippen molar-refractivity contribution in [3.63, 3.8) is 0 Å². The Balaban J connectivity index is 1.47. The standard InChI is InChI=1S/C22H24F2N6O2/c1-22(16-11-14(23)3-4-17(16)24)8-2-9-29(22)19-6-5-18-25-12-20(30(18)27-19)26-21(32)28-10-7-15(31)13-28/h3-6,11-12,15,31H,2,7-10,13H2,1H3,(H,26,32)/t15-,22-/m1/s1. The number of amides is 2. The first-order valence-corrected chi connectivity index (χ1v) is 10.7. The molecule has 168 valence electrons. The molecule has 2 fully saturated rings. The van der Waals surface area contributed by atoms with E-state index in [0.717, 1.165) is 18.6 Å². The molecule has 8 nitrogen and oxygen atoms in total. The molecule has 0 bridgehead atoms. The summed E-state index contributed by atoms with van der Waals surface area (Å²) in [4.78, 5) is 20.3. The number of carbonyl (C=O) groups is 1. The van der Waals surface area contributed by atoms with Crippen LogP contribution in [-0.4, -0.2) is 56.4 Å². The molecule has 0 unspecified atom stereocenters. The Morgan fingerprint density at radius 2 is 2.09 bits per heavy atom. The van der Waals surface area contributed by atoms with Gasteiger partial charge >= 0.3 is 6.03 Å². The van der Waals surface area contributed by atoms with Crippen molar-refractivity contribution in [1.82, 2.24) is 19.5 Å². The van der Waals surface area contributed by atoms with Crippen molar-refractivity contribution >= 4 is 23.3 Å². The molecule has 3 aromatic rings. The Bertz CT molecular complexity index is 1180. The van der Waals surface area contributed by atoms with Gasteiger partial charge in [0.1, 0.15) is 17.5 Å². The molecule has 4 heterocycles. The van der Waals surface area contributed by atoms with Crippen LogP contribution in [-0.2, 0) is 5.54 Å². The number of benzene rings is 1. The van der Waals surface area contributed by atoms with E-state index < -0.39 is 23.3 Å². The number of fused-ring (bicyclic) bond motifs is 1. The van der Waals surface area contributed by atoms with E-state index in [4.69, 9.17) is 0 Å². The van der Waals surface area contributed by atoms with E-state index in [9.17, 15) is 18.7 Å². The first-order chi connectivity index (χ1) is 15.3. The SMILES string of the molecule is C[C@]1(c2cc(F)ccc2F)CCCN1c1ccc2ncc(NC(=O)N3CC[C@@H](O)C3)n2n1. The van der Waals surface area contributed by atoms with Crippen LogP contribution in [0.5, 0.6) is 0 Å². The van der Waals surface area contributed by atoms with Gasteiger partial charge in [0.05, 0.1) is 17.8 Å². The van der Waals surface area contributed by atoms with Crippen molar-refractivity contribution in [1.29, 1.82) is 0 Å². The summed E-state index contributed by atoms with van der Waals surface area (Å²) in [6.45, 7) is 3.28. The highest BCUT2D eigenvalue weighted by atomic mass is 19.1. The fourth-order valence-corrected chi connectivity index (χ4v) is 4.73. The lowest BCUT2D eigenvalue weighted by molar-refractivity contribution is 0.176. The molecule has 2 amide bonds. The molecule has 0 radical (unpaired) electrons. The zero-order valence-electron chi connectivity index (χ0n) is 17.6. The van der Waals surface area contributed by atoms with Gasteiger partial charge in [-0.05, 0) is 56.5 Å². The number of imidazole rings is 1. The summed E-state index contributed by atoms with van der Waals surface area (Å²) >= 11 is 0. The number of hydrogen-bond acceptors (Lipinski definition) is 5. The summed E-state index contributed by atoms with van der Waals surface area (Å²) in [5, 5.41) is 17.1. The van der Waals surface area contributed by atoms with Crippen LogP contribution in [0.4, 0.5) is 25.2 Å². The number of urea groups is 1. The summed E-state index contributed by atoms with van der Waals surface area (Å²) in [6, 6.07) is 6.76. The van der Waals surface area contributed by atoms with Crippen LogP contribution in [0.1, 0.15) is 31.7 Å². The largest absolute Gasteiger partial charge is 0.391 e. The van der Waals surface area contributed by atoms with Crippen LogP contribution >= 0.6 is 0 Å². The van der Waals surface area contributed by atoms with Gasteiger partial charge in [-0.25, -0.2) is 18.6 Å². The van der Waals surface area contributed by atoms with Crippen LogP contribution < -0.4 is 10.2 Å². The molecule has 32 heavy (non-hydrogen) atoms. The van der Waals surface area contributed by atoms with Gasteiger partial charge in [-0.15, -0.1) is 5.10 Å². The third kappa shape index (κ3) is 3.44. The van der Waals surface area contributed by atoms with Crippen LogP contribution in [0.15, 0.2) is 36.5 Å². The van der Waals surface area contributed by atoms with Gasteiger partial charge in [-0.1, -0.05) is 0 Å². The predicted octanol–water partition coefficient (Wildman–Crippen LogP) is 3.12. The number of hydrogen-bond donors (Lipinski definition) is 2. The van der Waals surface area contributed by atoms with E-state index in [0.29, 0.717) is 48.8 Å². The molecule has 0 spiro atoms. The number of aromatic nitrogens is 3. The molecule has 2 aromatic heterocycles. The van der Waals surface area contributed by atoms with Gasteiger partial charge in [-0.3, -0.25) is 5.32 Å². The summed E-state index contributed by atoms with van der Waals surface area (Å²) in [5.41, 5.74) is 0.0784. The Morgan fingerprint density at radius 1 is 1.25 bits per heavy atom. The monoisotopic (exact) mass is 442 g/mol. The molecule has 2 aliphatic rings. The lowest BCUT2D eigenvalue weighted by atomic mass is 9.88. The first-order valence-electron chi connectivity index (χ1n) is 10.7. The summed E-state index contributed by atoms with van der Waals surface area (Å²) < 4.78 is 30.1. The average molecular weight is 442 g/mol. The number of carbonyl (C=O) groups excluding carboxylic acids is 1. The number of aliphatic hydroxyl groups excluding tert-OH is 1. The number of nitrogens with one attached hydrogen (secondary N) is 1. The minimum atomic E-state index is -0.761. The molecular formula is C22H24F2N6O2. The number of rotatable bonds is 3. The van der Waals surface area contributed by atoms with Crippen LogP contribution in [0.25, 0.3) is 5.65 Å². The lowest BCUT2D eigenvalue weighted by Crippen LogP contribution is -2.40. The van der Waals surface area contributed by atoms with Crippen molar-refractivity contribution < 1.29 is 18.7 Å². The second-order valence-corrected chi connectivity index (χ2v) is 8.58. The average Bonchev–Trinajstić information content (AvgIpc) is 3.49. The van der Waals surface area contributed by atoms with E-state index in [-0.39, 0.29) is 12.6 Å². The molecule has 1 aromatic carbocycles. The van der Waals surface area contributed by atoms with Crippen LogP contribution in [0, 0.1) is 11.6 Å². The molecule has 2 atom stereocenters. The molecule has 0 saturated carbocycles. The van der Waals surface area contributed by atoms with E-state index >= 15 is 0 Å². The number of nitrogens with zero attached hydrogens (tertiary/aromatic N) is 5. The molecule has 5 rings (SSSR count). The smallest absolute Gasteiger partial charge is 0.323 e. The Kier molecular flexibility index (Phi) is 4.96. The molecule has 2 saturated heterocycles. The molecule has 10 heteroatoms. The van der Waals surface area contributed by atoms with Crippen molar-refractivity contribution in [3.8, 4) is 0 Å². The van der Waals surface area contributed by atoms with Crippen molar-refractivity contribution in [2.75, 3.05) is 29.9 Å². The maximum atomic E-state index is 14.6. The van der Waals surface area contributed by atoms with Gasteiger partial charge in [0, 0.05) is 25.2 Å². The highest BCUT2D eigenvalue weighted by Gasteiger charge is 2.41. The van der Waals surface area contributed by atoms with Crippen LogP contribution in [0.3, 0.4) is 0 Å². The highest BCUT2D eigenvalue weighted by molar-refractivity contribution is 5.89. The number of likely N-dealkylation sites (tertiary alicyclic amines) is 1. The fraction of sp³-hybridized carbons (Fsp3) is 0.409. The third-order valence-corrected chi connectivity index (χ3v) is 6.46. The molecule has 2 N–H and O–H groups in total. The highest BCUT2D eigenvalue weighted by Crippen LogP contribution is 2.42. The number of aliphatic hydroxyl groups is 1. The Labute approximate surface area is 183 Å². The van der Waals surface area contributed by atoms with E-state index in [1.165, 1.54) is 21.7 Å². The third-order valence-electron chi connectivity index (χ3n) is 6.46. The number of anilines is 2. The minimum Gasteiger partial charge on any atom is -0.391 e. The Hall–Kier alpha value is -3.27.